The molecule has 3 aliphatic heterocycles. The maximum absolute atomic E-state index is 13.5. The first kappa shape index (κ1) is 98.5. The van der Waals surface area contributed by atoms with Gasteiger partial charge in [-0.25, -0.2) is 0 Å². The lowest BCUT2D eigenvalue weighted by Gasteiger charge is -2.48. The molecule has 0 aliphatic carbocycles. The van der Waals surface area contributed by atoms with Gasteiger partial charge in [-0.1, -0.05) is 378 Å². The van der Waals surface area contributed by atoms with Crippen LogP contribution in [0.2, 0.25) is 0 Å². The Bertz CT molecular complexity index is 2000. The van der Waals surface area contributed by atoms with Gasteiger partial charge in [-0.3, -0.25) is 4.79 Å². The fourth-order valence-electron chi connectivity index (χ4n) is 15.4. The summed E-state index contributed by atoms with van der Waals surface area (Å²) in [6, 6.07) is -0.989. The highest BCUT2D eigenvalue weighted by Gasteiger charge is 2.54. The van der Waals surface area contributed by atoms with Gasteiger partial charge < -0.3 is 89.9 Å². The number of unbranched alkanes of at least 4 members (excludes halogenated alkanes) is 55. The fourth-order valence-corrected chi connectivity index (χ4v) is 15.4. The molecular formula is C87H165NO18. The number of rotatable bonds is 73. The zero-order valence-electron chi connectivity index (χ0n) is 67.4. The second-order valence-electron chi connectivity index (χ2n) is 32.1. The Hall–Kier alpha value is -1.73. The molecule has 0 radical (unpaired) electrons. The highest BCUT2D eigenvalue weighted by atomic mass is 16.8. The first-order chi connectivity index (χ1) is 51.8. The van der Waals surface area contributed by atoms with Crippen molar-refractivity contribution in [1.29, 1.82) is 0 Å². The summed E-state index contributed by atoms with van der Waals surface area (Å²) in [5.41, 5.74) is 0. The van der Waals surface area contributed by atoms with Crippen molar-refractivity contribution in [1.82, 2.24) is 5.32 Å². The Morgan fingerprint density at radius 1 is 0.330 bits per heavy atom. The van der Waals surface area contributed by atoms with Crippen molar-refractivity contribution in [2.24, 2.45) is 0 Å². The van der Waals surface area contributed by atoms with E-state index in [1.54, 1.807) is 6.08 Å². The van der Waals surface area contributed by atoms with Crippen LogP contribution < -0.4 is 5.32 Å². The third kappa shape index (κ3) is 46.4. The van der Waals surface area contributed by atoms with Crippen LogP contribution in [0.15, 0.2) is 24.3 Å². The van der Waals surface area contributed by atoms with Crippen molar-refractivity contribution in [3.05, 3.63) is 24.3 Å². The van der Waals surface area contributed by atoms with Gasteiger partial charge in [-0.05, 0) is 32.1 Å². The van der Waals surface area contributed by atoms with Crippen LogP contribution in [0.5, 0.6) is 0 Å². The van der Waals surface area contributed by atoms with E-state index in [4.69, 9.17) is 28.4 Å². The quantitative estimate of drug-likeness (QED) is 0.0199. The minimum atomic E-state index is -1.98. The number of carbonyl (C=O) groups excluding carboxylic acids is 1. The molecule has 0 spiro atoms. The number of amides is 1. The fraction of sp³-hybridized carbons (Fsp3) is 0.943. The molecule has 3 fully saturated rings. The summed E-state index contributed by atoms with van der Waals surface area (Å²) in [5, 5.41) is 121. The molecule has 3 heterocycles. The number of nitrogens with one attached hydrogen (secondary N) is 1. The van der Waals surface area contributed by atoms with E-state index in [1.807, 2.05) is 6.08 Å². The molecule has 0 aromatic carbocycles. The maximum atomic E-state index is 13.5. The number of ether oxygens (including phenoxy) is 6. The van der Waals surface area contributed by atoms with E-state index in [2.05, 4.69) is 31.3 Å². The Morgan fingerprint density at radius 3 is 0.943 bits per heavy atom. The van der Waals surface area contributed by atoms with E-state index >= 15 is 0 Å². The van der Waals surface area contributed by atoms with Crippen LogP contribution in [0.1, 0.15) is 393 Å². The highest BCUT2D eigenvalue weighted by Crippen LogP contribution is 2.34. The summed E-state index contributed by atoms with van der Waals surface area (Å²) in [6.07, 6.45) is 57.7. The molecule has 19 nitrogen and oxygen atoms in total. The SMILES string of the molecule is CCCCCCCCCCCCCCCCCCCCCCC/C=C/CC/C=C/C(O)C(COC1OC(CO)C(OC2OC(CO)C(OC3OC(CO)C(O)C(O)C3O)C(O)C2O)C(O)C1O)NC(=O)CCCCCCCCCCCCCCCCCCCCCCCCCCCCCCCCCCCC. The van der Waals surface area contributed by atoms with Crippen molar-refractivity contribution in [3.63, 3.8) is 0 Å². The molecule has 3 saturated heterocycles. The van der Waals surface area contributed by atoms with Gasteiger partial charge in [0.2, 0.25) is 5.91 Å². The Balaban J connectivity index is 1.33. The second kappa shape index (κ2) is 67.7. The van der Waals surface area contributed by atoms with Gasteiger partial charge in [-0.2, -0.15) is 0 Å². The standard InChI is InChI=1S/C87H165NO18/c1-3-5-7-9-11-13-15-17-19-21-23-25-27-29-31-32-33-34-35-36-37-39-41-43-45-47-49-51-53-55-57-59-61-63-65-75(93)88-70(71(92)64-62-60-58-56-54-52-50-48-46-44-42-40-38-30-28-26-24-22-20-18-16-14-12-10-8-6-4-2)69-101-85-81(99)78(96)83(73(67-90)103-85)106-87-82(100)79(97)84(74(68-91)104-87)105-86-80(98)77(95)76(94)72(66-89)102-86/h54,56,62,64,70-74,76-87,89-92,94-100H,3-53,55,57-61,63,65-69H2,1-2H3,(H,88,93)/b56-54+,64-62+. The summed E-state index contributed by atoms with van der Waals surface area (Å²) in [7, 11) is 0. The van der Waals surface area contributed by atoms with Crippen LogP contribution in [-0.2, 0) is 33.2 Å². The highest BCUT2D eigenvalue weighted by molar-refractivity contribution is 5.76. The molecule has 17 unspecified atom stereocenters. The molecule has 17 atom stereocenters. The van der Waals surface area contributed by atoms with Crippen molar-refractivity contribution >= 4 is 5.91 Å². The topological polar surface area (TPSA) is 307 Å². The van der Waals surface area contributed by atoms with E-state index in [0.717, 1.165) is 38.5 Å². The number of hydrogen-bond donors (Lipinski definition) is 12. The van der Waals surface area contributed by atoms with Gasteiger partial charge in [0.25, 0.3) is 0 Å². The first-order valence-electron chi connectivity index (χ1n) is 44.6. The molecule has 0 saturated carbocycles. The molecule has 12 N–H and O–H groups in total. The zero-order chi connectivity index (χ0) is 76.7. The number of aliphatic hydroxyl groups excluding tert-OH is 11. The van der Waals surface area contributed by atoms with Gasteiger partial charge in [0.05, 0.1) is 38.6 Å². The third-order valence-corrected chi connectivity index (χ3v) is 22.5. The second-order valence-corrected chi connectivity index (χ2v) is 32.1. The predicted molar refractivity (Wildman–Crippen MR) is 425 cm³/mol. The number of allylic oxidation sites excluding steroid dienone is 3. The average molecular weight is 1510 g/mol. The lowest BCUT2D eigenvalue weighted by atomic mass is 9.96. The van der Waals surface area contributed by atoms with Crippen molar-refractivity contribution in [2.45, 2.75) is 497 Å². The molecule has 0 aromatic rings. The predicted octanol–water partition coefficient (Wildman–Crippen LogP) is 16.5. The molecule has 0 aromatic heterocycles. The van der Waals surface area contributed by atoms with Crippen LogP contribution in [-0.4, -0.2) is 193 Å². The average Bonchev–Trinajstić information content (AvgIpc) is 0.781. The van der Waals surface area contributed by atoms with Crippen molar-refractivity contribution in [3.8, 4) is 0 Å². The normalized spacial score (nSPS) is 25.7. The van der Waals surface area contributed by atoms with Gasteiger partial charge in [0, 0.05) is 6.42 Å². The minimum absolute atomic E-state index is 0.241. The van der Waals surface area contributed by atoms with Crippen LogP contribution in [0, 0.1) is 0 Å². The zero-order valence-corrected chi connectivity index (χ0v) is 67.4. The van der Waals surface area contributed by atoms with Gasteiger partial charge >= 0.3 is 0 Å². The number of aliphatic hydroxyl groups is 11. The summed E-state index contributed by atoms with van der Waals surface area (Å²) in [5.74, 6) is -0.276. The van der Waals surface area contributed by atoms with E-state index in [9.17, 15) is 61.0 Å². The molecular weight excluding hydrogens is 1350 g/mol. The minimum Gasteiger partial charge on any atom is -0.394 e. The van der Waals surface area contributed by atoms with Gasteiger partial charge in [-0.15, -0.1) is 0 Å². The monoisotopic (exact) mass is 1510 g/mol. The molecule has 3 rings (SSSR count). The van der Waals surface area contributed by atoms with Crippen molar-refractivity contribution in [2.75, 3.05) is 26.4 Å². The number of hydrogen-bond acceptors (Lipinski definition) is 18. The Morgan fingerprint density at radius 2 is 0.604 bits per heavy atom. The van der Waals surface area contributed by atoms with E-state index in [0.29, 0.717) is 12.8 Å². The molecule has 1 amide bonds. The summed E-state index contributed by atoms with van der Waals surface area (Å²) in [6.45, 7) is 1.79. The van der Waals surface area contributed by atoms with E-state index in [1.165, 1.54) is 321 Å². The van der Waals surface area contributed by atoms with Crippen LogP contribution >= 0.6 is 0 Å². The largest absolute Gasteiger partial charge is 0.394 e. The Labute approximate surface area is 645 Å². The third-order valence-electron chi connectivity index (χ3n) is 22.5. The molecule has 19 heteroatoms. The van der Waals surface area contributed by atoms with E-state index < -0.39 is 124 Å². The Kier molecular flexibility index (Phi) is 62.9. The first-order valence-corrected chi connectivity index (χ1v) is 44.6. The van der Waals surface area contributed by atoms with E-state index in [-0.39, 0.29) is 18.9 Å². The van der Waals surface area contributed by atoms with Crippen molar-refractivity contribution < 1.29 is 89.4 Å². The van der Waals surface area contributed by atoms with Crippen LogP contribution in [0.4, 0.5) is 0 Å². The molecule has 106 heavy (non-hydrogen) atoms. The lowest BCUT2D eigenvalue weighted by molar-refractivity contribution is -0.379. The van der Waals surface area contributed by atoms with Gasteiger partial charge in [0.15, 0.2) is 18.9 Å². The molecule has 3 aliphatic rings. The van der Waals surface area contributed by atoms with Crippen LogP contribution in [0.25, 0.3) is 0 Å². The smallest absolute Gasteiger partial charge is 0.220 e. The maximum Gasteiger partial charge on any atom is 0.220 e. The number of carbonyl (C=O) groups is 1. The summed E-state index contributed by atoms with van der Waals surface area (Å²) >= 11 is 0. The molecule has 0 bridgehead atoms. The summed E-state index contributed by atoms with van der Waals surface area (Å²) < 4.78 is 34.5. The molecule has 626 valence electrons. The van der Waals surface area contributed by atoms with Crippen LogP contribution in [0.3, 0.4) is 0 Å². The summed E-state index contributed by atoms with van der Waals surface area (Å²) in [4.78, 5) is 13.5. The van der Waals surface area contributed by atoms with Gasteiger partial charge in [0.1, 0.15) is 73.2 Å². The lowest BCUT2D eigenvalue weighted by Crippen LogP contribution is -2.66.